The van der Waals surface area contributed by atoms with E-state index in [1.165, 1.54) is 11.1 Å². The van der Waals surface area contributed by atoms with E-state index in [4.69, 9.17) is 19.5 Å². The number of nitrogens with zero attached hydrogens (tertiary/aromatic N) is 2. The number of aromatic nitrogens is 2. The Morgan fingerprint density at radius 2 is 1.10 bits per heavy atom. The molecule has 8 aromatic rings. The number of fused-ring (bicyclic) bond motifs is 9. The molecule has 0 saturated heterocycles. The van der Waals surface area contributed by atoms with Crippen LogP contribution in [0.1, 0.15) is 117 Å². The van der Waals surface area contributed by atoms with Crippen molar-refractivity contribution in [2.45, 2.75) is 78.6 Å². The van der Waals surface area contributed by atoms with Crippen molar-refractivity contribution in [3.05, 3.63) is 229 Å². The van der Waals surface area contributed by atoms with Gasteiger partial charge in [-0.2, -0.15) is 0 Å². The lowest BCUT2D eigenvalue weighted by Gasteiger charge is -2.22. The van der Waals surface area contributed by atoms with Crippen LogP contribution in [0, 0.1) is 0 Å². The lowest BCUT2D eigenvalue weighted by Crippen LogP contribution is -2.31. The second-order valence-electron chi connectivity index (χ2n) is 21.9. The first-order valence-electron chi connectivity index (χ1n) is 24.5. The van der Waals surface area contributed by atoms with Crippen LogP contribution in [0.4, 0.5) is 0 Å². The monoisotopic (exact) mass is 930 g/mol. The van der Waals surface area contributed by atoms with E-state index in [0.717, 1.165) is 88.5 Å². The lowest BCUT2D eigenvalue weighted by atomic mass is 9.83. The number of carbonyl (C=O) groups excluding carboxylic acids is 1. The second-order valence-corrected chi connectivity index (χ2v) is 21.9. The topological polar surface area (TPSA) is 91.8 Å². The van der Waals surface area contributed by atoms with E-state index in [1.54, 1.807) is 19.2 Å². The number of aliphatic imine (C=N–C) groups is 1. The fourth-order valence-corrected chi connectivity index (χ4v) is 10.1. The molecule has 7 heteroatoms. The molecule has 71 heavy (non-hydrogen) atoms. The smallest absolute Gasteiger partial charge is 0.343 e. The standard InChI is InChI=1S/C64H58N4O3/c1-62(2,3)41-22-16-38(17-23-41)54-47-30-31-48(65-47)55(39-18-24-42(25-19-39)63(4,5)6)50-34-35-52(67-50)58-60(71-61(69)40-14-12-11-13-15-40)57-53(37-20-27-44(70-10)28-21-37)46-36-43(64(7,8)9)26-29-45(46)56(59(57)68-58)51-33-32-49(54)66-51/h11-36,65,67H,1-10H3. The predicted molar refractivity (Wildman–Crippen MR) is 289 cm³/mol. The fourth-order valence-electron chi connectivity index (χ4n) is 10.1. The molecule has 0 spiro atoms. The molecule has 0 amide bonds. The summed E-state index contributed by atoms with van der Waals surface area (Å²) in [6.45, 7) is 20.1. The number of rotatable bonds is 6. The molecule has 5 heterocycles. The number of hydrogen-bond acceptors (Lipinski definition) is 5. The molecule has 7 nitrogen and oxygen atoms in total. The van der Waals surface area contributed by atoms with Crippen molar-refractivity contribution in [1.29, 1.82) is 0 Å². The summed E-state index contributed by atoms with van der Waals surface area (Å²) in [6, 6.07) is 50.2. The largest absolute Gasteiger partial charge is 0.497 e. The molecule has 11 rings (SSSR count). The van der Waals surface area contributed by atoms with Gasteiger partial charge in [-0.1, -0.05) is 153 Å². The van der Waals surface area contributed by atoms with Gasteiger partial charge in [0.25, 0.3) is 0 Å². The van der Waals surface area contributed by atoms with Gasteiger partial charge >= 0.3 is 5.97 Å². The van der Waals surface area contributed by atoms with E-state index in [1.807, 2.05) is 36.4 Å². The number of benzene rings is 6. The van der Waals surface area contributed by atoms with Crippen LogP contribution in [-0.2, 0) is 21.0 Å². The van der Waals surface area contributed by atoms with Crippen LogP contribution in [0.15, 0.2) is 168 Å². The summed E-state index contributed by atoms with van der Waals surface area (Å²) in [4.78, 5) is 33.6. The Labute approximate surface area is 415 Å². The Morgan fingerprint density at radius 1 is 0.521 bits per heavy atom. The maximum absolute atomic E-state index is 14.6. The van der Waals surface area contributed by atoms with Crippen LogP contribution in [0.2, 0.25) is 0 Å². The van der Waals surface area contributed by atoms with Crippen LogP contribution in [0.5, 0.6) is 5.75 Å². The van der Waals surface area contributed by atoms with Crippen molar-refractivity contribution < 1.29 is 14.3 Å². The van der Waals surface area contributed by atoms with E-state index in [9.17, 15) is 4.79 Å². The number of ether oxygens (including phenoxy) is 2. The zero-order valence-corrected chi connectivity index (χ0v) is 42.1. The van der Waals surface area contributed by atoms with Crippen molar-refractivity contribution in [1.82, 2.24) is 9.97 Å². The van der Waals surface area contributed by atoms with Crippen molar-refractivity contribution in [3.63, 3.8) is 0 Å². The zero-order chi connectivity index (χ0) is 49.6. The van der Waals surface area contributed by atoms with E-state index < -0.39 is 5.97 Å². The molecule has 352 valence electrons. The molecule has 0 atom stereocenters. The lowest BCUT2D eigenvalue weighted by molar-refractivity contribution is 0.0693. The zero-order valence-electron chi connectivity index (χ0n) is 42.1. The molecule has 2 N–H and O–H groups in total. The van der Waals surface area contributed by atoms with Gasteiger partial charge in [-0.25, -0.2) is 14.8 Å². The highest BCUT2D eigenvalue weighted by Crippen LogP contribution is 2.42. The van der Waals surface area contributed by atoms with Crippen molar-refractivity contribution in [2.75, 3.05) is 7.11 Å². The number of esters is 1. The molecule has 0 aliphatic carbocycles. The Balaban J connectivity index is 1.30. The quantitative estimate of drug-likeness (QED) is 0.163. The Morgan fingerprint density at radius 3 is 1.72 bits per heavy atom. The minimum atomic E-state index is -0.483. The van der Waals surface area contributed by atoms with Crippen molar-refractivity contribution >= 4 is 50.8 Å². The number of hydrogen-bond donors (Lipinski definition) is 2. The molecular weight excluding hydrogens is 873 g/mol. The van der Waals surface area contributed by atoms with Gasteiger partial charge < -0.3 is 19.4 Å². The molecule has 6 aromatic carbocycles. The van der Waals surface area contributed by atoms with Gasteiger partial charge in [0.2, 0.25) is 0 Å². The first-order valence-corrected chi connectivity index (χ1v) is 24.5. The highest BCUT2D eigenvalue weighted by atomic mass is 16.5. The Bertz CT molecular complexity index is 3840. The minimum absolute atomic E-state index is 0.0193. The van der Waals surface area contributed by atoms with E-state index in [2.05, 4.69) is 181 Å². The number of carbonyl (C=O) groups is 1. The van der Waals surface area contributed by atoms with Gasteiger partial charge in [-0.15, -0.1) is 0 Å². The molecule has 0 unspecified atom stereocenters. The Hall–Kier alpha value is -8.03. The van der Waals surface area contributed by atoms with E-state index >= 15 is 0 Å². The van der Waals surface area contributed by atoms with Gasteiger partial charge in [0.1, 0.15) is 11.4 Å². The summed E-state index contributed by atoms with van der Waals surface area (Å²) in [7, 11) is 1.68. The summed E-state index contributed by atoms with van der Waals surface area (Å²) in [5.41, 5.74) is 14.1. The van der Waals surface area contributed by atoms with Gasteiger partial charge in [0.15, 0.2) is 5.76 Å². The number of H-pyrrole nitrogens is 2. The fraction of sp³-hybridized carbons (Fsp3) is 0.203. The van der Waals surface area contributed by atoms with E-state index in [0.29, 0.717) is 33.6 Å². The van der Waals surface area contributed by atoms with Gasteiger partial charge in [-0.05, 0) is 127 Å². The van der Waals surface area contributed by atoms with Crippen LogP contribution >= 0.6 is 0 Å². The third kappa shape index (κ3) is 8.09. The minimum Gasteiger partial charge on any atom is -0.497 e. The van der Waals surface area contributed by atoms with Gasteiger partial charge in [0.05, 0.1) is 40.7 Å². The number of aromatic amines is 2. The summed E-state index contributed by atoms with van der Waals surface area (Å²) in [5, 5.41) is 5.38. The van der Waals surface area contributed by atoms with Gasteiger partial charge in [-0.3, -0.25) is 0 Å². The van der Waals surface area contributed by atoms with Crippen LogP contribution in [-0.4, -0.2) is 28.8 Å². The van der Waals surface area contributed by atoms with Crippen molar-refractivity contribution in [2.24, 2.45) is 9.98 Å². The second kappa shape index (κ2) is 16.8. The maximum atomic E-state index is 14.6. The molecular formula is C64H58N4O3. The average Bonchev–Trinajstić information content (AvgIpc) is 4.19. The first-order chi connectivity index (χ1) is 33.9. The molecule has 0 fully saturated rings. The molecule has 0 radical (unpaired) electrons. The summed E-state index contributed by atoms with van der Waals surface area (Å²) >= 11 is 0. The van der Waals surface area contributed by atoms with E-state index in [-0.39, 0.29) is 16.2 Å². The van der Waals surface area contributed by atoms with Crippen LogP contribution < -0.4 is 26.0 Å². The highest BCUT2D eigenvalue weighted by Gasteiger charge is 2.33. The number of allylic oxidation sites excluding steroid dienone is 1. The third-order valence-corrected chi connectivity index (χ3v) is 14.1. The molecule has 0 saturated carbocycles. The SMILES string of the molecule is COc1ccc(-c2c3c4c(c5ccc(C(C)(C)C)cc25)=C2C=CC(=N2)C(c2ccc(C(C)(C)C)cc2)=c2ccc([nH]2)=C(c2ccc(C(C)(C)C)cc2)c2ccc([nH]2)C(=C3OC(=O)c2ccccc2)N=4)cc1. The first kappa shape index (κ1) is 45.4. The average molecular weight is 931 g/mol. The summed E-state index contributed by atoms with van der Waals surface area (Å²) in [6.07, 6.45) is 4.23. The maximum Gasteiger partial charge on any atom is 0.343 e. The number of nitrogens with one attached hydrogen (secondary N) is 2. The normalized spacial score (nSPS) is 14.4. The van der Waals surface area contributed by atoms with Gasteiger partial charge in [0, 0.05) is 38.3 Å². The van der Waals surface area contributed by atoms with Crippen LogP contribution in [0.25, 0.3) is 50.2 Å². The highest BCUT2D eigenvalue weighted by molar-refractivity contribution is 6.31. The third-order valence-electron chi connectivity index (χ3n) is 14.1. The van der Waals surface area contributed by atoms with Crippen LogP contribution in [0.3, 0.4) is 0 Å². The summed E-state index contributed by atoms with van der Waals surface area (Å²) in [5.74, 6) is 0.616. The molecule has 2 aromatic heterocycles. The molecule has 3 aliphatic rings. The summed E-state index contributed by atoms with van der Waals surface area (Å²) < 4.78 is 12.5. The van der Waals surface area contributed by atoms with Crippen molar-refractivity contribution in [3.8, 4) is 16.9 Å². The number of methoxy groups -OCH3 is 1. The Kier molecular flexibility index (Phi) is 10.8. The molecule has 8 bridgehead atoms. The predicted octanol–water partition coefficient (Wildman–Crippen LogP) is 12.0. The molecule has 3 aliphatic heterocycles.